The van der Waals surface area contributed by atoms with E-state index < -0.39 is 15.9 Å². The lowest BCUT2D eigenvalue weighted by Crippen LogP contribution is -2.43. The molecule has 0 spiro atoms. The number of carbonyl (C=O) groups excluding carboxylic acids is 2. The summed E-state index contributed by atoms with van der Waals surface area (Å²) in [4.78, 5) is 26.3. The highest BCUT2D eigenvalue weighted by Crippen LogP contribution is 2.31. The molecule has 2 amide bonds. The number of anilines is 2. The average Bonchev–Trinajstić information content (AvgIpc) is 2.82. The third kappa shape index (κ3) is 5.05. The van der Waals surface area contributed by atoms with Crippen LogP contribution in [0.4, 0.5) is 11.4 Å². The predicted octanol–water partition coefficient (Wildman–Crippen LogP) is 2.87. The second kappa shape index (κ2) is 9.43. The highest BCUT2D eigenvalue weighted by molar-refractivity contribution is 7.89. The number of nitrogens with zero attached hydrogens (tertiary/aromatic N) is 2. The number of carbonyl (C=O) groups is 2. The van der Waals surface area contributed by atoms with Crippen molar-refractivity contribution in [3.8, 4) is 5.75 Å². The van der Waals surface area contributed by atoms with Crippen molar-refractivity contribution in [3.05, 3.63) is 84.4 Å². The maximum absolute atomic E-state index is 12.9. The Morgan fingerprint density at radius 3 is 2.39 bits per heavy atom. The van der Waals surface area contributed by atoms with Crippen LogP contribution in [0.25, 0.3) is 0 Å². The summed E-state index contributed by atoms with van der Waals surface area (Å²) in [5.74, 6) is -0.178. The van der Waals surface area contributed by atoms with Crippen LogP contribution in [0.2, 0.25) is 0 Å². The molecule has 33 heavy (non-hydrogen) atoms. The number of hydrogen-bond donors (Lipinski definition) is 1. The Morgan fingerprint density at radius 1 is 1.00 bits per heavy atom. The number of benzene rings is 3. The van der Waals surface area contributed by atoms with Gasteiger partial charge in [0.05, 0.1) is 10.6 Å². The van der Waals surface area contributed by atoms with Crippen molar-refractivity contribution in [2.75, 3.05) is 30.4 Å². The molecule has 1 aliphatic heterocycles. The maximum atomic E-state index is 12.9. The summed E-state index contributed by atoms with van der Waals surface area (Å²) in [6.07, 6.45) is 0. The van der Waals surface area contributed by atoms with E-state index in [2.05, 4.69) is 5.32 Å². The molecule has 0 fully saturated rings. The molecule has 0 bridgehead atoms. The minimum Gasteiger partial charge on any atom is -0.482 e. The van der Waals surface area contributed by atoms with Crippen LogP contribution in [0.3, 0.4) is 0 Å². The van der Waals surface area contributed by atoms with Gasteiger partial charge in [-0.1, -0.05) is 42.5 Å². The first kappa shape index (κ1) is 22.5. The van der Waals surface area contributed by atoms with Gasteiger partial charge in [0.25, 0.3) is 5.91 Å². The number of rotatable bonds is 7. The molecular formula is C24H23N3O5S. The molecule has 170 valence electrons. The van der Waals surface area contributed by atoms with Crippen LogP contribution in [0.1, 0.15) is 5.56 Å². The van der Waals surface area contributed by atoms with E-state index in [4.69, 9.17) is 4.74 Å². The van der Waals surface area contributed by atoms with E-state index >= 15 is 0 Å². The van der Waals surface area contributed by atoms with Gasteiger partial charge < -0.3 is 10.1 Å². The quantitative estimate of drug-likeness (QED) is 0.579. The third-order valence-electron chi connectivity index (χ3n) is 5.20. The van der Waals surface area contributed by atoms with Gasteiger partial charge in [0.1, 0.15) is 12.3 Å². The Kier molecular flexibility index (Phi) is 6.43. The van der Waals surface area contributed by atoms with Gasteiger partial charge >= 0.3 is 0 Å². The monoisotopic (exact) mass is 465 g/mol. The summed E-state index contributed by atoms with van der Waals surface area (Å²) in [7, 11) is -2.17. The van der Waals surface area contributed by atoms with E-state index in [0.717, 1.165) is 5.56 Å². The summed E-state index contributed by atoms with van der Waals surface area (Å²) in [6, 6.07) is 22.3. The molecule has 0 radical (unpaired) electrons. The lowest BCUT2D eigenvalue weighted by molar-refractivity contribution is -0.123. The Hall–Kier alpha value is -3.69. The molecule has 0 unspecified atom stereocenters. The van der Waals surface area contributed by atoms with Crippen molar-refractivity contribution < 1.29 is 22.7 Å². The maximum Gasteiger partial charge on any atom is 0.265 e. The molecule has 9 heteroatoms. The predicted molar refractivity (Wildman–Crippen MR) is 124 cm³/mol. The second-order valence-corrected chi connectivity index (χ2v) is 9.60. The molecular weight excluding hydrogens is 442 g/mol. The summed E-state index contributed by atoms with van der Waals surface area (Å²) in [5, 5.41) is 2.71. The number of fused-ring (bicyclic) bond motifs is 1. The summed E-state index contributed by atoms with van der Waals surface area (Å²) in [5.41, 5.74) is 1.84. The van der Waals surface area contributed by atoms with Crippen LogP contribution >= 0.6 is 0 Å². The molecule has 0 aliphatic carbocycles. The summed E-state index contributed by atoms with van der Waals surface area (Å²) >= 11 is 0. The zero-order valence-electron chi connectivity index (χ0n) is 18.0. The first-order valence-electron chi connectivity index (χ1n) is 10.3. The molecule has 3 aromatic rings. The van der Waals surface area contributed by atoms with E-state index in [9.17, 15) is 18.0 Å². The fraction of sp³-hybridized carbons (Fsp3) is 0.167. The van der Waals surface area contributed by atoms with E-state index in [1.807, 2.05) is 30.3 Å². The van der Waals surface area contributed by atoms with Gasteiger partial charge in [0.2, 0.25) is 15.9 Å². The smallest absolute Gasteiger partial charge is 0.265 e. The van der Waals surface area contributed by atoms with Crippen molar-refractivity contribution >= 4 is 33.2 Å². The van der Waals surface area contributed by atoms with Crippen molar-refractivity contribution in [2.45, 2.75) is 11.4 Å². The molecule has 4 rings (SSSR count). The Morgan fingerprint density at radius 2 is 1.67 bits per heavy atom. The SMILES string of the molecule is CN(Cc1ccccc1)S(=O)(=O)c1ccc(NC(=O)CN2C(=O)COc3ccccc32)cc1. The third-order valence-corrected chi connectivity index (χ3v) is 7.02. The fourth-order valence-electron chi connectivity index (χ4n) is 3.49. The number of nitrogens with one attached hydrogen (secondary N) is 1. The number of sulfonamides is 1. The Balaban J connectivity index is 1.41. The van der Waals surface area contributed by atoms with Gasteiger partial charge in [-0.15, -0.1) is 0 Å². The highest BCUT2D eigenvalue weighted by Gasteiger charge is 2.27. The first-order valence-corrected chi connectivity index (χ1v) is 11.7. The lowest BCUT2D eigenvalue weighted by atomic mass is 10.2. The fourth-order valence-corrected chi connectivity index (χ4v) is 4.65. The molecule has 1 N–H and O–H groups in total. The van der Waals surface area contributed by atoms with Crippen LogP contribution in [-0.2, 0) is 26.2 Å². The van der Waals surface area contributed by atoms with E-state index in [-0.39, 0.29) is 30.5 Å². The number of para-hydroxylation sites is 2. The van der Waals surface area contributed by atoms with E-state index in [1.165, 1.54) is 40.5 Å². The summed E-state index contributed by atoms with van der Waals surface area (Å²) in [6.45, 7) is -0.0663. The largest absolute Gasteiger partial charge is 0.482 e. The van der Waals surface area contributed by atoms with Gasteiger partial charge in [0, 0.05) is 19.3 Å². The molecule has 1 heterocycles. The highest BCUT2D eigenvalue weighted by atomic mass is 32.2. The minimum atomic E-state index is -3.69. The lowest BCUT2D eigenvalue weighted by Gasteiger charge is -2.28. The van der Waals surface area contributed by atoms with Crippen LogP contribution in [0.5, 0.6) is 5.75 Å². The Bertz CT molecular complexity index is 1260. The van der Waals surface area contributed by atoms with E-state index in [0.29, 0.717) is 17.1 Å². The normalized spacial score (nSPS) is 13.4. The number of ether oxygens (including phenoxy) is 1. The molecule has 1 aliphatic rings. The van der Waals surface area contributed by atoms with Crippen LogP contribution in [-0.4, -0.2) is 44.7 Å². The molecule has 8 nitrogen and oxygen atoms in total. The van der Waals surface area contributed by atoms with Crippen molar-refractivity contribution in [3.63, 3.8) is 0 Å². The summed E-state index contributed by atoms with van der Waals surface area (Å²) < 4.78 is 32.4. The zero-order valence-corrected chi connectivity index (χ0v) is 18.8. The van der Waals surface area contributed by atoms with Gasteiger partial charge in [-0.25, -0.2) is 8.42 Å². The van der Waals surface area contributed by atoms with Gasteiger partial charge in [-0.3, -0.25) is 14.5 Å². The number of hydrogen-bond acceptors (Lipinski definition) is 5. The topological polar surface area (TPSA) is 96.0 Å². The van der Waals surface area contributed by atoms with Crippen molar-refractivity contribution in [1.29, 1.82) is 0 Å². The van der Waals surface area contributed by atoms with Crippen LogP contribution in [0, 0.1) is 0 Å². The zero-order chi connectivity index (χ0) is 23.4. The standard InChI is InChI=1S/C24H23N3O5S/c1-26(15-18-7-3-2-4-8-18)33(30,31)20-13-11-19(12-14-20)25-23(28)16-27-21-9-5-6-10-22(21)32-17-24(27)29/h2-14H,15-17H2,1H3,(H,25,28). The number of amides is 2. The molecule has 0 saturated heterocycles. The average molecular weight is 466 g/mol. The molecule has 3 aromatic carbocycles. The molecule has 0 aromatic heterocycles. The minimum absolute atomic E-state index is 0.121. The molecule has 0 saturated carbocycles. The van der Waals surface area contributed by atoms with Crippen LogP contribution < -0.4 is 15.0 Å². The van der Waals surface area contributed by atoms with Crippen molar-refractivity contribution in [2.24, 2.45) is 0 Å². The molecule has 0 atom stereocenters. The van der Waals surface area contributed by atoms with Gasteiger partial charge in [0.15, 0.2) is 6.61 Å². The Labute approximate surface area is 192 Å². The second-order valence-electron chi connectivity index (χ2n) is 7.56. The van der Waals surface area contributed by atoms with Gasteiger partial charge in [-0.2, -0.15) is 4.31 Å². The van der Waals surface area contributed by atoms with Crippen molar-refractivity contribution in [1.82, 2.24) is 4.31 Å². The van der Waals surface area contributed by atoms with Crippen LogP contribution in [0.15, 0.2) is 83.8 Å². The van der Waals surface area contributed by atoms with Gasteiger partial charge in [-0.05, 0) is 42.0 Å². The first-order chi connectivity index (χ1) is 15.8. The van der Waals surface area contributed by atoms with E-state index in [1.54, 1.807) is 24.3 Å².